The van der Waals surface area contributed by atoms with Crippen molar-refractivity contribution in [2.75, 3.05) is 52.0 Å². The summed E-state index contributed by atoms with van der Waals surface area (Å²) in [6, 6.07) is 16.0. The average Bonchev–Trinajstić information content (AvgIpc) is 3.29. The van der Waals surface area contributed by atoms with Crippen LogP contribution in [0.5, 0.6) is 0 Å². The maximum absolute atomic E-state index is 13.4. The number of hydrogen-bond donors (Lipinski definition) is 5. The normalized spacial score (nSPS) is 29.9. The van der Waals surface area contributed by atoms with Gasteiger partial charge in [0.2, 0.25) is 0 Å². The second-order valence-electron chi connectivity index (χ2n) is 18.5. The standard InChI is InChI=1S/C46H68N2O14S2/c1-27-35(50)32(24-49)59-42(36(27)51)62-43-38(53)37(52)39-33(60-43)25-58-41(61-39)30-14-12-29(13-15-30)31(46(7,8)45(5,6)26-47)23-44(3,4)28(2)40(54)57-20-19-55-17-18-56-21-22-63-64-34-11-9-10-16-48-34/h9-16,27-28,31-33,35-39,41-43,49-53H,17-25H2,1-8H3/t27-,28?,31?,32+,33+,35-,36+,37+,38+,39+,41?,42+,43+/m0/s1. The van der Waals surface area contributed by atoms with E-state index in [4.69, 9.17) is 37.9 Å². The van der Waals surface area contributed by atoms with Crippen LogP contribution in [-0.4, -0.2) is 144 Å². The number of nitrogens with zero attached hydrogens (tertiary/aromatic N) is 2. The molecule has 16 nitrogen and oxygen atoms in total. The van der Waals surface area contributed by atoms with Gasteiger partial charge in [0.25, 0.3) is 0 Å². The van der Waals surface area contributed by atoms with E-state index in [1.807, 2.05) is 77.1 Å². The highest BCUT2D eigenvalue weighted by Gasteiger charge is 2.52. The van der Waals surface area contributed by atoms with Crippen LogP contribution in [0.3, 0.4) is 0 Å². The number of nitriles is 1. The van der Waals surface area contributed by atoms with E-state index >= 15 is 0 Å². The van der Waals surface area contributed by atoms with Crippen LogP contribution >= 0.6 is 21.6 Å². The van der Waals surface area contributed by atoms with Crippen LogP contribution in [0.4, 0.5) is 0 Å². The van der Waals surface area contributed by atoms with Crippen molar-refractivity contribution in [3.63, 3.8) is 0 Å². The molecular formula is C46H68N2O14S2. The fourth-order valence-corrected chi connectivity index (χ4v) is 9.63. The molecule has 4 heterocycles. The maximum atomic E-state index is 13.4. The molecule has 1 aromatic carbocycles. The van der Waals surface area contributed by atoms with Crippen molar-refractivity contribution in [2.45, 2.75) is 134 Å². The molecule has 0 saturated carbocycles. The predicted octanol–water partition coefficient (Wildman–Crippen LogP) is 4.76. The Morgan fingerprint density at radius 2 is 1.56 bits per heavy atom. The first-order valence-corrected chi connectivity index (χ1v) is 24.2. The summed E-state index contributed by atoms with van der Waals surface area (Å²) in [5.74, 6) is -0.879. The molecule has 0 spiro atoms. The first-order chi connectivity index (χ1) is 30.3. The summed E-state index contributed by atoms with van der Waals surface area (Å²) < 4.78 is 46.4. The highest BCUT2D eigenvalue weighted by molar-refractivity contribution is 8.76. The van der Waals surface area contributed by atoms with Gasteiger partial charge in [0.15, 0.2) is 18.9 Å². The third-order valence-electron chi connectivity index (χ3n) is 13.4. The van der Waals surface area contributed by atoms with Crippen molar-refractivity contribution in [1.29, 1.82) is 5.26 Å². The summed E-state index contributed by atoms with van der Waals surface area (Å²) in [4.78, 5) is 17.7. The van der Waals surface area contributed by atoms with Gasteiger partial charge >= 0.3 is 5.97 Å². The summed E-state index contributed by atoms with van der Waals surface area (Å²) in [6.45, 7) is 16.8. The lowest BCUT2D eigenvalue weighted by molar-refractivity contribution is -0.396. The number of rotatable bonds is 22. The van der Waals surface area contributed by atoms with Crippen LogP contribution < -0.4 is 0 Å². The predicted molar refractivity (Wildman–Crippen MR) is 237 cm³/mol. The van der Waals surface area contributed by atoms with Crippen molar-refractivity contribution < 1.29 is 68.2 Å². The first-order valence-electron chi connectivity index (χ1n) is 21.9. The zero-order valence-electron chi connectivity index (χ0n) is 38.1. The molecule has 64 heavy (non-hydrogen) atoms. The highest BCUT2D eigenvalue weighted by Crippen LogP contribution is 2.54. The van der Waals surface area contributed by atoms with E-state index in [1.165, 1.54) is 0 Å². The van der Waals surface area contributed by atoms with E-state index < -0.39 is 96.3 Å². The number of pyridine rings is 1. The first kappa shape index (κ1) is 52.5. The second-order valence-corrected chi connectivity index (χ2v) is 21.0. The number of esters is 1. The van der Waals surface area contributed by atoms with Gasteiger partial charge in [-0.1, -0.05) is 82.7 Å². The number of carbonyl (C=O) groups excluding carboxylic acids is 1. The fourth-order valence-electron chi connectivity index (χ4n) is 7.89. The van der Waals surface area contributed by atoms with E-state index in [9.17, 15) is 35.6 Å². The monoisotopic (exact) mass is 936 g/mol. The number of ether oxygens (including phenoxy) is 8. The highest BCUT2D eigenvalue weighted by atomic mass is 33.1. The minimum atomic E-state index is -1.59. The summed E-state index contributed by atoms with van der Waals surface area (Å²) in [5, 5.41) is 64.1. The lowest BCUT2D eigenvalue weighted by Crippen LogP contribution is -2.64. The maximum Gasteiger partial charge on any atom is 0.309 e. The van der Waals surface area contributed by atoms with E-state index in [2.05, 4.69) is 24.9 Å². The topological polar surface area (TPSA) is 229 Å². The number of aliphatic hydroxyl groups excluding tert-OH is 5. The van der Waals surface area contributed by atoms with Gasteiger partial charge in [-0.05, 0) is 65.5 Å². The number of aliphatic hydroxyl groups is 5. The Hall–Kier alpha value is -2.45. The second kappa shape index (κ2) is 23.5. The Kier molecular flexibility index (Phi) is 19.3. The molecule has 18 heteroatoms. The molecule has 13 atom stereocenters. The van der Waals surface area contributed by atoms with Crippen molar-refractivity contribution >= 4 is 27.6 Å². The molecule has 3 saturated heterocycles. The SMILES string of the molecule is CC(C(=O)OCCOCCOCCSSc1ccccn1)C(C)(C)CC(c1ccc(C2OC[C@H]3O[C@H](O[C@H]4O[C@H](CO)[C@@H](O)[C@H](C)[C@H]4O)[C@H](O)[C@@H](O)[C@@H]3O2)cc1)C(C)(C)C(C)(C)C#N. The van der Waals surface area contributed by atoms with Gasteiger partial charge in [-0.25, -0.2) is 4.98 Å². The zero-order valence-corrected chi connectivity index (χ0v) is 39.7. The molecule has 0 radical (unpaired) electrons. The number of aromatic nitrogens is 1. The van der Waals surface area contributed by atoms with Gasteiger partial charge in [0.05, 0.1) is 63.1 Å². The van der Waals surface area contributed by atoms with Crippen LogP contribution in [0, 0.1) is 39.4 Å². The van der Waals surface area contributed by atoms with Crippen molar-refractivity contribution in [3.8, 4) is 6.07 Å². The van der Waals surface area contributed by atoms with Crippen LogP contribution in [-0.2, 0) is 42.7 Å². The number of benzene rings is 1. The number of fused-ring (bicyclic) bond motifs is 1. The Morgan fingerprint density at radius 3 is 2.22 bits per heavy atom. The molecule has 5 rings (SSSR count). The van der Waals surface area contributed by atoms with Crippen LogP contribution in [0.25, 0.3) is 0 Å². The Labute approximate surface area is 385 Å². The fraction of sp³-hybridized carbons (Fsp3) is 0.717. The molecule has 358 valence electrons. The Morgan fingerprint density at radius 1 is 0.891 bits per heavy atom. The lowest BCUT2D eigenvalue weighted by Gasteiger charge is -2.48. The lowest BCUT2D eigenvalue weighted by atomic mass is 9.56. The largest absolute Gasteiger partial charge is 0.463 e. The molecule has 3 unspecified atom stereocenters. The molecule has 3 fully saturated rings. The Bertz CT molecular complexity index is 1780. The molecule has 0 amide bonds. The molecule has 2 aromatic rings. The molecule has 3 aliphatic rings. The summed E-state index contributed by atoms with van der Waals surface area (Å²) in [6.07, 6.45) is -9.72. The van der Waals surface area contributed by atoms with Gasteiger partial charge in [-0.15, -0.1) is 0 Å². The van der Waals surface area contributed by atoms with Gasteiger partial charge < -0.3 is 63.4 Å². The van der Waals surface area contributed by atoms with E-state index in [0.717, 1.165) is 16.3 Å². The molecule has 1 aromatic heterocycles. The van der Waals surface area contributed by atoms with Crippen LogP contribution in [0.2, 0.25) is 0 Å². The summed E-state index contributed by atoms with van der Waals surface area (Å²) in [5.41, 5.74) is -0.250. The Balaban J connectivity index is 1.13. The van der Waals surface area contributed by atoms with Crippen molar-refractivity contribution in [2.24, 2.45) is 28.1 Å². The third-order valence-corrected chi connectivity index (χ3v) is 15.6. The van der Waals surface area contributed by atoms with E-state index in [1.54, 1.807) is 34.7 Å². The van der Waals surface area contributed by atoms with Crippen molar-refractivity contribution in [3.05, 3.63) is 59.8 Å². The molecule has 3 aliphatic heterocycles. The number of carbonyl (C=O) groups is 1. The van der Waals surface area contributed by atoms with E-state index in [-0.39, 0.29) is 31.7 Å². The average molecular weight is 937 g/mol. The molecule has 0 aliphatic carbocycles. The van der Waals surface area contributed by atoms with Gasteiger partial charge in [0.1, 0.15) is 48.3 Å². The van der Waals surface area contributed by atoms with Crippen LogP contribution in [0.1, 0.15) is 85.1 Å². The minimum Gasteiger partial charge on any atom is -0.463 e. The smallest absolute Gasteiger partial charge is 0.309 e. The van der Waals surface area contributed by atoms with Crippen LogP contribution in [0.15, 0.2) is 53.7 Å². The van der Waals surface area contributed by atoms with Gasteiger partial charge in [-0.3, -0.25) is 4.79 Å². The molecular weight excluding hydrogens is 869 g/mol. The molecule has 0 bridgehead atoms. The van der Waals surface area contributed by atoms with Gasteiger partial charge in [-0.2, -0.15) is 5.26 Å². The molecule has 5 N–H and O–H groups in total. The quantitative estimate of drug-likeness (QED) is 0.0609. The zero-order chi connectivity index (χ0) is 46.8. The third kappa shape index (κ3) is 13.0. The van der Waals surface area contributed by atoms with E-state index in [0.29, 0.717) is 31.8 Å². The summed E-state index contributed by atoms with van der Waals surface area (Å²) in [7, 11) is 3.29. The van der Waals surface area contributed by atoms with Gasteiger partial charge in [0, 0.05) is 23.4 Å². The summed E-state index contributed by atoms with van der Waals surface area (Å²) >= 11 is 0. The minimum absolute atomic E-state index is 0.0229. The van der Waals surface area contributed by atoms with Crippen molar-refractivity contribution in [1.82, 2.24) is 4.98 Å². The number of hydrogen-bond acceptors (Lipinski definition) is 18.